The first kappa shape index (κ1) is 28.4. The summed E-state index contributed by atoms with van der Waals surface area (Å²) in [5, 5.41) is 6.54. The number of amidine groups is 1. The van der Waals surface area contributed by atoms with Gasteiger partial charge >= 0.3 is 0 Å². The maximum absolute atomic E-state index is 5.09. The summed E-state index contributed by atoms with van der Waals surface area (Å²) in [6.45, 7) is 7.10. The highest BCUT2D eigenvalue weighted by Gasteiger charge is 2.46. The Morgan fingerprint density at radius 1 is 0.755 bits per heavy atom. The van der Waals surface area contributed by atoms with E-state index in [2.05, 4.69) is 171 Å². The first-order valence-corrected chi connectivity index (χ1v) is 17.5. The van der Waals surface area contributed by atoms with E-state index in [0.717, 1.165) is 29.2 Å². The molecular weight excluding hydrogens is 595 g/mol. The molecule has 2 unspecified atom stereocenters. The molecule has 0 saturated carbocycles. The van der Waals surface area contributed by atoms with Gasteiger partial charge in [0.1, 0.15) is 5.84 Å². The lowest BCUT2D eigenvalue weighted by Crippen LogP contribution is -2.34. The lowest BCUT2D eigenvalue weighted by atomic mass is 9.78. The molecule has 2 aliphatic carbocycles. The third-order valence-corrected chi connectivity index (χ3v) is 11.3. The summed E-state index contributed by atoms with van der Waals surface area (Å²) >= 11 is 0. The Bertz CT molecular complexity index is 2430. The molecule has 3 heteroatoms. The molecule has 2 aliphatic heterocycles. The summed E-state index contributed by atoms with van der Waals surface area (Å²) in [5.41, 5.74) is 16.6. The van der Waals surface area contributed by atoms with Crippen LogP contribution >= 0.6 is 0 Å². The summed E-state index contributed by atoms with van der Waals surface area (Å²) < 4.78 is 0. The predicted octanol–water partition coefficient (Wildman–Crippen LogP) is 11.4. The second-order valence-electron chi connectivity index (χ2n) is 14.5. The number of nitrogens with zero attached hydrogens (tertiary/aromatic N) is 2. The fourth-order valence-corrected chi connectivity index (χ4v) is 8.92. The van der Waals surface area contributed by atoms with Gasteiger partial charge in [-0.15, -0.1) is 0 Å². The Balaban J connectivity index is 1.13. The molecule has 236 valence electrons. The van der Waals surface area contributed by atoms with Gasteiger partial charge in [-0.2, -0.15) is 0 Å². The van der Waals surface area contributed by atoms with Gasteiger partial charge in [0.05, 0.1) is 23.6 Å². The zero-order valence-electron chi connectivity index (χ0n) is 28.0. The summed E-state index contributed by atoms with van der Waals surface area (Å²) in [5.74, 6) is 1.45. The molecular formula is C46H37N3. The number of rotatable bonds is 3. The van der Waals surface area contributed by atoms with E-state index in [0.29, 0.717) is 5.92 Å². The van der Waals surface area contributed by atoms with Crippen molar-refractivity contribution < 1.29 is 0 Å². The first-order valence-electron chi connectivity index (χ1n) is 17.5. The van der Waals surface area contributed by atoms with Crippen LogP contribution in [0.4, 0.5) is 11.4 Å². The zero-order valence-corrected chi connectivity index (χ0v) is 28.0. The lowest BCUT2D eigenvalue weighted by molar-refractivity contribution is 0.636. The molecule has 3 nitrogen and oxygen atoms in total. The third-order valence-electron chi connectivity index (χ3n) is 11.3. The van der Waals surface area contributed by atoms with Crippen LogP contribution in [0.2, 0.25) is 0 Å². The minimum atomic E-state index is -0.141. The number of allylic oxidation sites excluding steroid dienone is 1. The van der Waals surface area contributed by atoms with Crippen molar-refractivity contribution in [2.75, 3.05) is 4.90 Å². The van der Waals surface area contributed by atoms with Crippen LogP contribution in [0.15, 0.2) is 144 Å². The molecule has 2 atom stereocenters. The highest BCUT2D eigenvalue weighted by Crippen LogP contribution is 2.58. The monoisotopic (exact) mass is 631 g/mol. The number of hydrogen-bond donors (Lipinski definition) is 1. The minimum Gasteiger partial charge on any atom is -0.357 e. The van der Waals surface area contributed by atoms with Crippen LogP contribution in [0, 0.1) is 0 Å². The van der Waals surface area contributed by atoms with Gasteiger partial charge in [-0.25, -0.2) is 4.99 Å². The van der Waals surface area contributed by atoms with Crippen LogP contribution in [-0.2, 0) is 5.41 Å². The van der Waals surface area contributed by atoms with Gasteiger partial charge < -0.3 is 10.2 Å². The third kappa shape index (κ3) is 4.12. The SMILES string of the molecule is CC1CC=Cc2c1ccc1cc(N3C4=CN=C(c5ccc(-c6ccccc6)cc5)NC4c4c3ccc3c4C(C)(C)c4ccccc4-3)ccc21. The van der Waals surface area contributed by atoms with Crippen molar-refractivity contribution in [2.45, 2.75) is 44.6 Å². The first-order chi connectivity index (χ1) is 24.0. The van der Waals surface area contributed by atoms with Crippen LogP contribution in [0.25, 0.3) is 39.1 Å². The van der Waals surface area contributed by atoms with E-state index in [4.69, 9.17) is 4.99 Å². The molecule has 4 aliphatic rings. The summed E-state index contributed by atoms with van der Waals surface area (Å²) in [6.07, 6.45) is 7.85. The van der Waals surface area contributed by atoms with Crippen molar-refractivity contribution in [2.24, 2.45) is 4.99 Å². The Morgan fingerprint density at radius 2 is 1.53 bits per heavy atom. The predicted molar refractivity (Wildman–Crippen MR) is 205 cm³/mol. The number of benzene rings is 6. The van der Waals surface area contributed by atoms with Crippen molar-refractivity contribution in [1.29, 1.82) is 0 Å². The van der Waals surface area contributed by atoms with Gasteiger partial charge in [-0.3, -0.25) is 0 Å². The van der Waals surface area contributed by atoms with Crippen LogP contribution < -0.4 is 10.2 Å². The molecule has 0 amide bonds. The number of nitrogens with one attached hydrogen (secondary N) is 1. The van der Waals surface area contributed by atoms with E-state index in [1.54, 1.807) is 0 Å². The zero-order chi connectivity index (χ0) is 32.9. The van der Waals surface area contributed by atoms with Crippen LogP contribution in [0.3, 0.4) is 0 Å². The second-order valence-corrected chi connectivity index (χ2v) is 14.5. The number of fused-ring (bicyclic) bond motifs is 10. The standard InChI is InChI=1S/C46H37N3/c1-28-10-9-14-36-34(28)22-20-32-26-33(21-23-35(32)36)49-40-25-24-38-37-13-7-8-15-39(37)46(2,3)43(38)42(40)44-41(49)27-47-45(48-44)31-18-16-30(17-19-31)29-11-5-4-6-12-29/h4-9,11-28,44H,10H2,1-3H3,(H,47,48). The molecule has 0 aromatic heterocycles. The van der Waals surface area contributed by atoms with Gasteiger partial charge in [-0.05, 0) is 85.8 Å². The maximum atomic E-state index is 5.09. The highest BCUT2D eigenvalue weighted by atomic mass is 15.2. The second kappa shape index (κ2) is 10.4. The Morgan fingerprint density at radius 3 is 2.39 bits per heavy atom. The van der Waals surface area contributed by atoms with E-state index >= 15 is 0 Å². The molecule has 49 heavy (non-hydrogen) atoms. The van der Waals surface area contributed by atoms with Gasteiger partial charge in [0.2, 0.25) is 0 Å². The molecule has 6 aromatic rings. The molecule has 0 bridgehead atoms. The quantitative estimate of drug-likeness (QED) is 0.210. The lowest BCUT2D eigenvalue weighted by Gasteiger charge is -2.28. The molecule has 0 fully saturated rings. The summed E-state index contributed by atoms with van der Waals surface area (Å²) in [6, 6.07) is 44.5. The number of hydrogen-bond acceptors (Lipinski definition) is 3. The van der Waals surface area contributed by atoms with Gasteiger partial charge in [0.25, 0.3) is 0 Å². The number of anilines is 2. The average molecular weight is 632 g/mol. The van der Waals surface area contributed by atoms with Crippen molar-refractivity contribution >= 4 is 34.1 Å². The molecule has 0 saturated heterocycles. The van der Waals surface area contributed by atoms with Crippen LogP contribution in [0.5, 0.6) is 0 Å². The number of aliphatic imine (C=N–C) groups is 1. The van der Waals surface area contributed by atoms with Crippen LogP contribution in [0.1, 0.15) is 72.5 Å². The Labute approximate surface area is 288 Å². The van der Waals surface area contributed by atoms with Gasteiger partial charge in [0.15, 0.2) is 0 Å². The summed E-state index contributed by atoms with van der Waals surface area (Å²) in [4.78, 5) is 7.54. The Hall–Kier alpha value is -5.67. The van der Waals surface area contributed by atoms with Gasteiger partial charge in [-0.1, -0.05) is 136 Å². The molecule has 1 N–H and O–H groups in total. The fraction of sp³-hybridized carbons (Fsp3) is 0.152. The molecule has 10 rings (SSSR count). The molecule has 2 heterocycles. The van der Waals surface area contributed by atoms with Crippen molar-refractivity contribution in [3.8, 4) is 22.3 Å². The Kier molecular flexibility index (Phi) is 6.03. The minimum absolute atomic E-state index is 0.0390. The van der Waals surface area contributed by atoms with Crippen LogP contribution in [-0.4, -0.2) is 5.84 Å². The smallest absolute Gasteiger partial charge is 0.134 e. The average Bonchev–Trinajstić information content (AvgIpc) is 3.60. The van der Waals surface area contributed by atoms with E-state index < -0.39 is 0 Å². The maximum Gasteiger partial charge on any atom is 0.134 e. The van der Waals surface area contributed by atoms with E-state index in [9.17, 15) is 0 Å². The summed E-state index contributed by atoms with van der Waals surface area (Å²) in [7, 11) is 0. The molecule has 6 aromatic carbocycles. The molecule has 0 spiro atoms. The topological polar surface area (TPSA) is 27.6 Å². The van der Waals surface area contributed by atoms with E-state index in [1.165, 1.54) is 66.5 Å². The molecule has 0 radical (unpaired) electrons. The largest absolute Gasteiger partial charge is 0.357 e. The van der Waals surface area contributed by atoms with Crippen molar-refractivity contribution in [3.63, 3.8) is 0 Å². The fourth-order valence-electron chi connectivity index (χ4n) is 8.92. The normalized spacial score (nSPS) is 19.3. The van der Waals surface area contributed by atoms with E-state index in [-0.39, 0.29) is 11.5 Å². The van der Waals surface area contributed by atoms with Gasteiger partial charge in [0, 0.05) is 22.2 Å². The van der Waals surface area contributed by atoms with E-state index in [1.807, 2.05) is 0 Å². The van der Waals surface area contributed by atoms with Crippen molar-refractivity contribution in [1.82, 2.24) is 5.32 Å². The van der Waals surface area contributed by atoms with Crippen molar-refractivity contribution in [3.05, 3.63) is 173 Å². The highest BCUT2D eigenvalue weighted by molar-refractivity contribution is 6.03.